The Labute approximate surface area is 126 Å². The summed E-state index contributed by atoms with van der Waals surface area (Å²) >= 11 is 0. The predicted octanol–water partition coefficient (Wildman–Crippen LogP) is 2.86. The summed E-state index contributed by atoms with van der Waals surface area (Å²) in [6.07, 6.45) is 5.85. The minimum Gasteiger partial charge on any atom is -0.351 e. The first-order chi connectivity index (χ1) is 10.3. The monoisotopic (exact) mass is 282 g/mol. The maximum Gasteiger partial charge on any atom is 0.222 e. The van der Waals surface area contributed by atoms with Gasteiger partial charge in [-0.3, -0.25) is 4.90 Å². The van der Waals surface area contributed by atoms with Crippen LogP contribution >= 0.6 is 0 Å². The van der Waals surface area contributed by atoms with Crippen molar-refractivity contribution in [3.63, 3.8) is 0 Å². The standard InChI is InChI=1S/C17H22N4/c1-14-3-5-15(6-4-14)13-21-11-7-16(8-12-21)20-17-18-9-2-10-19-17/h2-6,9-10,16H,7-8,11-13H2,1H3,(H,18,19,20). The molecule has 1 aromatic carbocycles. The molecule has 1 aliphatic heterocycles. The van der Waals surface area contributed by atoms with Crippen molar-refractivity contribution < 1.29 is 0 Å². The number of aryl methyl sites for hydroxylation is 1. The van der Waals surface area contributed by atoms with Crippen LogP contribution in [0.1, 0.15) is 24.0 Å². The lowest BCUT2D eigenvalue weighted by Crippen LogP contribution is -2.38. The highest BCUT2D eigenvalue weighted by Crippen LogP contribution is 2.16. The molecular weight excluding hydrogens is 260 g/mol. The molecule has 1 aliphatic rings. The van der Waals surface area contributed by atoms with Crippen LogP contribution in [-0.4, -0.2) is 34.0 Å². The second kappa shape index (κ2) is 6.68. The number of nitrogens with zero attached hydrogens (tertiary/aromatic N) is 3. The molecular formula is C17H22N4. The largest absolute Gasteiger partial charge is 0.351 e. The smallest absolute Gasteiger partial charge is 0.222 e. The zero-order valence-corrected chi connectivity index (χ0v) is 12.5. The molecule has 1 fully saturated rings. The summed E-state index contributed by atoms with van der Waals surface area (Å²) in [5.74, 6) is 0.745. The van der Waals surface area contributed by atoms with Crippen LogP contribution in [0.5, 0.6) is 0 Å². The lowest BCUT2D eigenvalue weighted by molar-refractivity contribution is 0.211. The molecule has 0 atom stereocenters. The third-order valence-corrected chi connectivity index (χ3v) is 4.01. The fraction of sp³-hybridized carbons (Fsp3) is 0.412. The first-order valence-electron chi connectivity index (χ1n) is 7.61. The van der Waals surface area contributed by atoms with E-state index < -0.39 is 0 Å². The Morgan fingerprint density at radius 2 is 1.76 bits per heavy atom. The third-order valence-electron chi connectivity index (χ3n) is 4.01. The van der Waals surface area contributed by atoms with Crippen LogP contribution in [-0.2, 0) is 6.54 Å². The highest BCUT2D eigenvalue weighted by Gasteiger charge is 2.19. The van der Waals surface area contributed by atoms with Crippen molar-refractivity contribution >= 4 is 5.95 Å². The summed E-state index contributed by atoms with van der Waals surface area (Å²) < 4.78 is 0. The molecule has 0 aliphatic carbocycles. The van der Waals surface area contributed by atoms with Gasteiger partial charge >= 0.3 is 0 Å². The fourth-order valence-electron chi connectivity index (χ4n) is 2.74. The van der Waals surface area contributed by atoms with Crippen LogP contribution in [0.15, 0.2) is 42.7 Å². The van der Waals surface area contributed by atoms with Gasteiger partial charge in [0.1, 0.15) is 0 Å². The van der Waals surface area contributed by atoms with Gasteiger partial charge in [0.15, 0.2) is 0 Å². The highest BCUT2D eigenvalue weighted by atomic mass is 15.2. The quantitative estimate of drug-likeness (QED) is 0.936. The number of anilines is 1. The van der Waals surface area contributed by atoms with E-state index in [0.29, 0.717) is 6.04 Å². The average molecular weight is 282 g/mol. The zero-order valence-electron chi connectivity index (χ0n) is 12.5. The number of nitrogens with one attached hydrogen (secondary N) is 1. The number of hydrogen-bond acceptors (Lipinski definition) is 4. The summed E-state index contributed by atoms with van der Waals surface area (Å²) in [7, 11) is 0. The lowest BCUT2D eigenvalue weighted by atomic mass is 10.0. The van der Waals surface area contributed by atoms with E-state index in [2.05, 4.69) is 51.4 Å². The number of hydrogen-bond donors (Lipinski definition) is 1. The maximum absolute atomic E-state index is 4.23. The Hall–Kier alpha value is -1.94. The van der Waals surface area contributed by atoms with Crippen LogP contribution in [0.3, 0.4) is 0 Å². The van der Waals surface area contributed by atoms with Gasteiger partial charge in [0, 0.05) is 38.1 Å². The van der Waals surface area contributed by atoms with E-state index in [-0.39, 0.29) is 0 Å². The van der Waals surface area contributed by atoms with Crippen LogP contribution in [0.2, 0.25) is 0 Å². The Morgan fingerprint density at radius 3 is 2.43 bits per heavy atom. The maximum atomic E-state index is 4.23. The van der Waals surface area contributed by atoms with Crippen LogP contribution < -0.4 is 5.32 Å². The van der Waals surface area contributed by atoms with Crippen molar-refractivity contribution in [2.24, 2.45) is 0 Å². The van der Waals surface area contributed by atoms with Gasteiger partial charge < -0.3 is 5.32 Å². The van der Waals surface area contributed by atoms with E-state index >= 15 is 0 Å². The van der Waals surface area contributed by atoms with Gasteiger partial charge in [-0.05, 0) is 31.4 Å². The molecule has 2 heterocycles. The SMILES string of the molecule is Cc1ccc(CN2CCC(Nc3ncccn3)CC2)cc1. The fourth-order valence-corrected chi connectivity index (χ4v) is 2.74. The van der Waals surface area contributed by atoms with E-state index in [1.165, 1.54) is 11.1 Å². The van der Waals surface area contributed by atoms with E-state index in [9.17, 15) is 0 Å². The molecule has 4 nitrogen and oxygen atoms in total. The van der Waals surface area contributed by atoms with E-state index in [1.807, 2.05) is 6.07 Å². The summed E-state index contributed by atoms with van der Waals surface area (Å²) in [5.41, 5.74) is 2.72. The first kappa shape index (κ1) is 14.0. The van der Waals surface area contributed by atoms with Crippen molar-refractivity contribution in [1.82, 2.24) is 14.9 Å². The van der Waals surface area contributed by atoms with E-state index in [4.69, 9.17) is 0 Å². The Bertz CT molecular complexity index is 545. The van der Waals surface area contributed by atoms with Crippen LogP contribution in [0.25, 0.3) is 0 Å². The number of benzene rings is 1. The summed E-state index contributed by atoms with van der Waals surface area (Å²) in [4.78, 5) is 11.0. The number of rotatable bonds is 4. The van der Waals surface area contributed by atoms with E-state index in [0.717, 1.165) is 38.4 Å². The lowest BCUT2D eigenvalue weighted by Gasteiger charge is -2.32. The molecule has 1 N–H and O–H groups in total. The van der Waals surface area contributed by atoms with Gasteiger partial charge in [-0.2, -0.15) is 0 Å². The van der Waals surface area contributed by atoms with Gasteiger partial charge in [0.05, 0.1) is 0 Å². The summed E-state index contributed by atoms with van der Waals surface area (Å²) in [5, 5.41) is 3.42. The number of piperidine rings is 1. The van der Waals surface area contributed by atoms with Crippen molar-refractivity contribution in [2.45, 2.75) is 32.4 Å². The molecule has 3 rings (SSSR count). The molecule has 2 aromatic rings. The molecule has 110 valence electrons. The summed E-state index contributed by atoms with van der Waals surface area (Å²) in [6.45, 7) is 5.43. The van der Waals surface area contributed by atoms with Gasteiger partial charge in [-0.25, -0.2) is 9.97 Å². The number of likely N-dealkylation sites (tertiary alicyclic amines) is 1. The molecule has 0 bridgehead atoms. The Balaban J connectivity index is 1.47. The van der Waals surface area contributed by atoms with Crippen molar-refractivity contribution in [1.29, 1.82) is 0 Å². The van der Waals surface area contributed by atoms with Crippen molar-refractivity contribution in [3.05, 3.63) is 53.9 Å². The highest BCUT2D eigenvalue weighted by molar-refractivity contribution is 5.24. The summed E-state index contributed by atoms with van der Waals surface area (Å²) in [6, 6.07) is 11.2. The molecule has 1 aromatic heterocycles. The second-order valence-electron chi connectivity index (χ2n) is 5.75. The minimum absolute atomic E-state index is 0.488. The zero-order chi connectivity index (χ0) is 14.5. The first-order valence-corrected chi connectivity index (χ1v) is 7.61. The Morgan fingerprint density at radius 1 is 1.10 bits per heavy atom. The normalized spacial score (nSPS) is 16.8. The van der Waals surface area contributed by atoms with Gasteiger partial charge in [0.25, 0.3) is 0 Å². The minimum atomic E-state index is 0.488. The predicted molar refractivity (Wildman–Crippen MR) is 85.1 cm³/mol. The second-order valence-corrected chi connectivity index (χ2v) is 5.75. The van der Waals surface area contributed by atoms with Gasteiger partial charge in [0.2, 0.25) is 5.95 Å². The number of aromatic nitrogens is 2. The molecule has 0 saturated carbocycles. The molecule has 0 amide bonds. The molecule has 0 unspecified atom stereocenters. The van der Waals surface area contributed by atoms with Crippen LogP contribution in [0.4, 0.5) is 5.95 Å². The van der Waals surface area contributed by atoms with Crippen molar-refractivity contribution in [2.75, 3.05) is 18.4 Å². The Kier molecular flexibility index (Phi) is 4.46. The third kappa shape index (κ3) is 4.02. The molecule has 21 heavy (non-hydrogen) atoms. The molecule has 1 saturated heterocycles. The molecule has 0 radical (unpaired) electrons. The van der Waals surface area contributed by atoms with Crippen molar-refractivity contribution in [3.8, 4) is 0 Å². The van der Waals surface area contributed by atoms with Gasteiger partial charge in [-0.15, -0.1) is 0 Å². The van der Waals surface area contributed by atoms with Crippen LogP contribution in [0, 0.1) is 6.92 Å². The topological polar surface area (TPSA) is 41.0 Å². The molecule has 4 heteroatoms. The van der Waals surface area contributed by atoms with Gasteiger partial charge in [-0.1, -0.05) is 29.8 Å². The average Bonchev–Trinajstić information content (AvgIpc) is 2.53. The molecule has 0 spiro atoms. The van der Waals surface area contributed by atoms with E-state index in [1.54, 1.807) is 12.4 Å².